The number of benzene rings is 1. The SMILES string of the molecule is Nc1ncnc2c1ccn2[C@H]1[C@H](O)[C@H](O)[C@]2([C@H](O)c3ccc(Cl)c(Cl)c3)C[C@H]12. The Bertz CT molecular complexity index is 1090. The summed E-state index contributed by atoms with van der Waals surface area (Å²) in [7, 11) is 0. The van der Waals surface area contributed by atoms with Crippen LogP contribution in [0.1, 0.15) is 24.1 Å². The van der Waals surface area contributed by atoms with Gasteiger partial charge in [0.25, 0.3) is 0 Å². The first-order valence-corrected chi connectivity index (χ1v) is 9.68. The number of aliphatic hydroxyl groups excluding tert-OH is 3. The molecule has 0 radical (unpaired) electrons. The maximum Gasteiger partial charge on any atom is 0.145 e. The fraction of sp³-hybridized carbons (Fsp3) is 0.368. The van der Waals surface area contributed by atoms with Crippen LogP contribution in [-0.2, 0) is 0 Å². The lowest BCUT2D eigenvalue weighted by molar-refractivity contribution is -0.0558. The van der Waals surface area contributed by atoms with E-state index in [0.717, 1.165) is 0 Å². The molecule has 2 aliphatic rings. The third-order valence-electron chi connectivity index (χ3n) is 6.37. The van der Waals surface area contributed by atoms with Crippen molar-refractivity contribution in [2.75, 3.05) is 5.73 Å². The van der Waals surface area contributed by atoms with E-state index in [1.165, 1.54) is 6.33 Å². The van der Waals surface area contributed by atoms with Crippen molar-refractivity contribution in [3.63, 3.8) is 0 Å². The number of nitrogens with two attached hydrogens (primary N) is 1. The molecule has 0 amide bonds. The molecule has 0 spiro atoms. The zero-order chi connectivity index (χ0) is 19.8. The van der Waals surface area contributed by atoms with E-state index >= 15 is 0 Å². The molecule has 0 aliphatic heterocycles. The third kappa shape index (κ3) is 2.28. The van der Waals surface area contributed by atoms with Crippen molar-refractivity contribution in [2.24, 2.45) is 11.3 Å². The molecule has 9 heteroatoms. The van der Waals surface area contributed by atoms with E-state index in [2.05, 4.69) is 9.97 Å². The number of anilines is 1. The van der Waals surface area contributed by atoms with E-state index in [1.54, 1.807) is 30.5 Å². The molecule has 7 nitrogen and oxygen atoms in total. The van der Waals surface area contributed by atoms with Crippen molar-refractivity contribution < 1.29 is 15.3 Å². The van der Waals surface area contributed by atoms with Crippen LogP contribution in [0.2, 0.25) is 10.0 Å². The van der Waals surface area contributed by atoms with E-state index in [4.69, 9.17) is 28.9 Å². The number of nitrogens with zero attached hydrogens (tertiary/aromatic N) is 3. The highest BCUT2D eigenvalue weighted by Crippen LogP contribution is 2.72. The standard InChI is InChI=1S/C19H18Cl2N4O3/c20-11-2-1-8(5-12(11)21)15(27)19-6-10(19)13(14(26)16(19)28)25-4-3-9-17(22)23-7-24-18(9)25/h1-5,7,10,13-16,26-28H,6H2,(H2,22,23,24)/t10-,13-,14+,15-,16+,19-/m1/s1. The molecule has 3 aromatic rings. The summed E-state index contributed by atoms with van der Waals surface area (Å²) in [5.74, 6) is 0.225. The average molecular weight is 421 g/mol. The second-order valence-corrected chi connectivity index (χ2v) is 8.46. The Balaban J connectivity index is 1.54. The molecule has 5 rings (SSSR count). The van der Waals surface area contributed by atoms with Crippen LogP contribution < -0.4 is 5.73 Å². The van der Waals surface area contributed by atoms with Gasteiger partial charge in [0.2, 0.25) is 0 Å². The van der Waals surface area contributed by atoms with Gasteiger partial charge >= 0.3 is 0 Å². The van der Waals surface area contributed by atoms with Crippen molar-refractivity contribution >= 4 is 40.1 Å². The molecule has 28 heavy (non-hydrogen) atoms. The Kier molecular flexibility index (Phi) is 3.92. The zero-order valence-corrected chi connectivity index (χ0v) is 16.1. The van der Waals surface area contributed by atoms with Gasteiger partial charge in [0, 0.05) is 11.6 Å². The Morgan fingerprint density at radius 1 is 1.18 bits per heavy atom. The summed E-state index contributed by atoms with van der Waals surface area (Å²) in [6.07, 6.45) is 0.597. The molecule has 2 heterocycles. The Morgan fingerprint density at radius 3 is 2.71 bits per heavy atom. The van der Waals surface area contributed by atoms with Crippen LogP contribution in [0.3, 0.4) is 0 Å². The van der Waals surface area contributed by atoms with Gasteiger partial charge in [-0.15, -0.1) is 0 Å². The normalized spacial score (nSPS) is 32.5. The lowest BCUT2D eigenvalue weighted by Crippen LogP contribution is -2.36. The Morgan fingerprint density at radius 2 is 1.96 bits per heavy atom. The van der Waals surface area contributed by atoms with Gasteiger partial charge in [-0.2, -0.15) is 0 Å². The summed E-state index contributed by atoms with van der Waals surface area (Å²) >= 11 is 12.1. The Labute approximate surface area is 170 Å². The summed E-state index contributed by atoms with van der Waals surface area (Å²) in [4.78, 5) is 8.28. The van der Waals surface area contributed by atoms with Gasteiger partial charge in [0.1, 0.15) is 23.9 Å². The fourth-order valence-corrected chi connectivity index (χ4v) is 5.21. The molecule has 2 aliphatic carbocycles. The molecule has 6 atom stereocenters. The Hall–Kier alpha value is -1.90. The molecular weight excluding hydrogens is 403 g/mol. The van der Waals surface area contributed by atoms with Crippen LogP contribution in [0.25, 0.3) is 11.0 Å². The quantitative estimate of drug-likeness (QED) is 0.516. The first-order chi connectivity index (χ1) is 13.4. The monoisotopic (exact) mass is 420 g/mol. The zero-order valence-electron chi connectivity index (χ0n) is 14.6. The lowest BCUT2D eigenvalue weighted by atomic mass is 9.88. The van der Waals surface area contributed by atoms with E-state index in [0.29, 0.717) is 38.9 Å². The van der Waals surface area contributed by atoms with E-state index in [9.17, 15) is 15.3 Å². The van der Waals surface area contributed by atoms with Crippen LogP contribution in [0.4, 0.5) is 5.82 Å². The summed E-state index contributed by atoms with van der Waals surface area (Å²) in [6.45, 7) is 0. The predicted octanol–water partition coefficient (Wildman–Crippen LogP) is 2.34. The number of hydrogen-bond donors (Lipinski definition) is 4. The molecule has 2 fully saturated rings. The van der Waals surface area contributed by atoms with Gasteiger partial charge in [0.15, 0.2) is 0 Å². The summed E-state index contributed by atoms with van der Waals surface area (Å²) < 4.78 is 1.82. The first kappa shape index (κ1) is 18.1. The summed E-state index contributed by atoms with van der Waals surface area (Å²) in [5, 5.41) is 34.2. The van der Waals surface area contributed by atoms with Gasteiger partial charge < -0.3 is 25.6 Å². The van der Waals surface area contributed by atoms with Crippen LogP contribution in [-0.4, -0.2) is 42.1 Å². The molecule has 0 bridgehead atoms. The second kappa shape index (κ2) is 6.05. The first-order valence-electron chi connectivity index (χ1n) is 8.92. The smallest absolute Gasteiger partial charge is 0.145 e. The summed E-state index contributed by atoms with van der Waals surface area (Å²) in [6, 6.07) is 6.27. The van der Waals surface area contributed by atoms with Crippen LogP contribution in [0, 0.1) is 11.3 Å². The number of aromatic nitrogens is 3. The minimum absolute atomic E-state index is 0.131. The number of nitrogen functional groups attached to an aromatic ring is 1. The van der Waals surface area contributed by atoms with Crippen molar-refractivity contribution in [3.05, 3.63) is 52.4 Å². The number of rotatable bonds is 3. The maximum absolute atomic E-state index is 11.1. The highest BCUT2D eigenvalue weighted by molar-refractivity contribution is 6.42. The van der Waals surface area contributed by atoms with Gasteiger partial charge in [-0.05, 0) is 36.1 Å². The predicted molar refractivity (Wildman–Crippen MR) is 105 cm³/mol. The second-order valence-electron chi connectivity index (χ2n) is 7.64. The van der Waals surface area contributed by atoms with Gasteiger partial charge in [-0.3, -0.25) is 0 Å². The average Bonchev–Trinajstić information content (AvgIpc) is 3.20. The number of halogens is 2. The van der Waals surface area contributed by atoms with Gasteiger partial charge in [0.05, 0.1) is 33.7 Å². The highest BCUT2D eigenvalue weighted by atomic mass is 35.5. The molecule has 5 N–H and O–H groups in total. The van der Waals surface area contributed by atoms with E-state index < -0.39 is 29.8 Å². The lowest BCUT2D eigenvalue weighted by Gasteiger charge is -2.27. The topological polar surface area (TPSA) is 117 Å². The van der Waals surface area contributed by atoms with E-state index in [1.807, 2.05) is 4.57 Å². The molecule has 146 valence electrons. The van der Waals surface area contributed by atoms with Crippen molar-refractivity contribution in [2.45, 2.75) is 30.8 Å². The minimum Gasteiger partial charge on any atom is -0.390 e. The molecule has 2 saturated carbocycles. The van der Waals surface area contributed by atoms with Crippen LogP contribution >= 0.6 is 23.2 Å². The van der Waals surface area contributed by atoms with Crippen molar-refractivity contribution in [3.8, 4) is 0 Å². The van der Waals surface area contributed by atoms with Crippen LogP contribution in [0.5, 0.6) is 0 Å². The number of aliphatic hydroxyl groups is 3. The molecular formula is C19H18Cl2N4O3. The van der Waals surface area contributed by atoms with Crippen molar-refractivity contribution in [1.82, 2.24) is 14.5 Å². The van der Waals surface area contributed by atoms with E-state index in [-0.39, 0.29) is 5.92 Å². The molecule has 0 unspecified atom stereocenters. The minimum atomic E-state index is -1.09. The largest absolute Gasteiger partial charge is 0.390 e. The van der Waals surface area contributed by atoms with Gasteiger partial charge in [-0.1, -0.05) is 29.3 Å². The maximum atomic E-state index is 11.1. The third-order valence-corrected chi connectivity index (χ3v) is 7.11. The number of hydrogen-bond acceptors (Lipinski definition) is 6. The molecule has 2 aromatic heterocycles. The number of fused-ring (bicyclic) bond motifs is 2. The van der Waals surface area contributed by atoms with Crippen LogP contribution in [0.15, 0.2) is 36.8 Å². The van der Waals surface area contributed by atoms with Gasteiger partial charge in [-0.25, -0.2) is 9.97 Å². The highest BCUT2D eigenvalue weighted by Gasteiger charge is 2.74. The molecule has 0 saturated heterocycles. The molecule has 1 aromatic carbocycles. The fourth-order valence-electron chi connectivity index (χ4n) is 4.90. The summed E-state index contributed by atoms with van der Waals surface area (Å²) in [5.41, 5.74) is 6.22. The van der Waals surface area contributed by atoms with Crippen molar-refractivity contribution in [1.29, 1.82) is 0 Å².